The lowest BCUT2D eigenvalue weighted by atomic mass is 10.1. The van der Waals surface area contributed by atoms with Crippen molar-refractivity contribution in [2.75, 3.05) is 12.9 Å². The third-order valence-electron chi connectivity index (χ3n) is 4.23. The van der Waals surface area contributed by atoms with Gasteiger partial charge in [-0.2, -0.15) is 4.99 Å². The molecule has 4 nitrogen and oxygen atoms in total. The first-order chi connectivity index (χ1) is 13.5. The van der Waals surface area contributed by atoms with Crippen molar-refractivity contribution in [2.45, 2.75) is 31.7 Å². The summed E-state index contributed by atoms with van der Waals surface area (Å²) in [5.74, 6) is 4.04. The van der Waals surface area contributed by atoms with Crippen LogP contribution in [0.15, 0.2) is 46.3 Å². The second-order valence-electron chi connectivity index (χ2n) is 6.38. The number of hydrogen-bond acceptors (Lipinski definition) is 4. The van der Waals surface area contributed by atoms with Gasteiger partial charge in [-0.25, -0.2) is 0 Å². The van der Waals surface area contributed by atoms with Gasteiger partial charge in [-0.1, -0.05) is 23.3 Å². The van der Waals surface area contributed by atoms with Crippen molar-refractivity contribution in [1.29, 1.82) is 0 Å². The average Bonchev–Trinajstić information content (AvgIpc) is 3.00. The fourth-order valence-electron chi connectivity index (χ4n) is 2.93. The highest BCUT2D eigenvalue weighted by Crippen LogP contribution is 2.24. The Morgan fingerprint density at radius 1 is 1.29 bits per heavy atom. The number of benzene rings is 2. The molecule has 3 aromatic rings. The minimum Gasteiger partial charge on any atom is -0.497 e. The maximum Gasteiger partial charge on any atom is 0.249 e. The molecule has 0 N–H and O–H groups in total. The lowest BCUT2D eigenvalue weighted by Crippen LogP contribution is -2.16. The fourth-order valence-corrected chi connectivity index (χ4v) is 4.87. The number of carbonyl (C=O) groups is 1. The van der Waals surface area contributed by atoms with Gasteiger partial charge in [0.15, 0.2) is 4.80 Å². The molecule has 0 atom stereocenters. The molecule has 0 saturated heterocycles. The van der Waals surface area contributed by atoms with Crippen LogP contribution in [0.5, 0.6) is 5.75 Å². The molecule has 28 heavy (non-hydrogen) atoms. The van der Waals surface area contributed by atoms with Crippen molar-refractivity contribution in [2.24, 2.45) is 4.99 Å². The summed E-state index contributed by atoms with van der Waals surface area (Å²) in [6, 6.07) is 12.0. The largest absolute Gasteiger partial charge is 0.497 e. The molecule has 0 aliphatic rings. The van der Waals surface area contributed by atoms with Gasteiger partial charge in [0.2, 0.25) is 5.91 Å². The summed E-state index contributed by atoms with van der Waals surface area (Å²) in [4.78, 5) is 18.6. The lowest BCUT2D eigenvalue weighted by Gasteiger charge is -2.03. The molecular weight excluding hydrogens is 388 g/mol. The number of nitrogens with zero attached hydrogens (tertiary/aromatic N) is 2. The number of ether oxygens (including phenoxy) is 1. The Labute approximate surface area is 173 Å². The molecule has 0 aliphatic carbocycles. The topological polar surface area (TPSA) is 43.6 Å². The van der Waals surface area contributed by atoms with Crippen LogP contribution in [0.2, 0.25) is 0 Å². The van der Waals surface area contributed by atoms with Gasteiger partial charge in [0.25, 0.3) is 0 Å². The van der Waals surface area contributed by atoms with E-state index in [9.17, 15) is 4.79 Å². The third-order valence-corrected chi connectivity index (χ3v) is 6.47. The van der Waals surface area contributed by atoms with Crippen molar-refractivity contribution >= 4 is 39.2 Å². The van der Waals surface area contributed by atoms with Crippen molar-refractivity contribution in [3.05, 3.63) is 52.3 Å². The van der Waals surface area contributed by atoms with Gasteiger partial charge in [0, 0.05) is 17.1 Å². The molecule has 1 amide bonds. The Morgan fingerprint density at radius 2 is 2.04 bits per heavy atom. The number of aromatic nitrogens is 1. The van der Waals surface area contributed by atoms with E-state index in [4.69, 9.17) is 11.2 Å². The number of fused-ring (bicyclic) bond motifs is 1. The van der Waals surface area contributed by atoms with Crippen LogP contribution in [0.25, 0.3) is 10.2 Å². The van der Waals surface area contributed by atoms with Gasteiger partial charge in [-0.15, -0.1) is 18.2 Å². The fraction of sp³-hybridized carbons (Fsp3) is 0.273. The standard InChI is InChI=1S/C22H22N2O2S2/c1-5-11-24-19-14-15(2)13-16(3)21(19)28-22(24)23-20(25)10-12-27-18-8-6-17(26-4)7-9-18/h1,6-9,13-14H,10-12H2,2-4H3. The van der Waals surface area contributed by atoms with Crippen molar-refractivity contribution in [1.82, 2.24) is 4.57 Å². The van der Waals surface area contributed by atoms with Gasteiger partial charge in [-0.05, 0) is 55.3 Å². The molecule has 1 heterocycles. The van der Waals surface area contributed by atoms with Gasteiger partial charge in [0.1, 0.15) is 5.75 Å². The number of amides is 1. The van der Waals surface area contributed by atoms with Crippen LogP contribution in [-0.4, -0.2) is 23.3 Å². The third kappa shape index (κ3) is 4.67. The van der Waals surface area contributed by atoms with Crippen LogP contribution in [0, 0.1) is 26.2 Å². The van der Waals surface area contributed by atoms with Gasteiger partial charge >= 0.3 is 0 Å². The number of terminal acetylenes is 1. The molecule has 0 fully saturated rings. The lowest BCUT2D eigenvalue weighted by molar-refractivity contribution is -0.117. The van der Waals surface area contributed by atoms with Crippen LogP contribution in [0.3, 0.4) is 0 Å². The normalized spacial score (nSPS) is 11.6. The van der Waals surface area contributed by atoms with E-state index < -0.39 is 0 Å². The molecular formula is C22H22N2O2S2. The van der Waals surface area contributed by atoms with E-state index in [2.05, 4.69) is 36.9 Å². The molecule has 0 spiro atoms. The maximum atomic E-state index is 12.4. The number of methoxy groups -OCH3 is 1. The Morgan fingerprint density at radius 3 is 2.71 bits per heavy atom. The van der Waals surface area contributed by atoms with E-state index >= 15 is 0 Å². The summed E-state index contributed by atoms with van der Waals surface area (Å²) >= 11 is 3.15. The van der Waals surface area contributed by atoms with Crippen molar-refractivity contribution in [3.63, 3.8) is 0 Å². The summed E-state index contributed by atoms with van der Waals surface area (Å²) in [6.45, 7) is 4.53. The number of carbonyl (C=O) groups excluding carboxylic acids is 1. The van der Waals surface area contributed by atoms with Crippen molar-refractivity contribution < 1.29 is 9.53 Å². The Kier molecular flexibility index (Phi) is 6.61. The van der Waals surface area contributed by atoms with E-state index in [1.807, 2.05) is 28.8 Å². The highest BCUT2D eigenvalue weighted by molar-refractivity contribution is 7.99. The van der Waals surface area contributed by atoms with Gasteiger partial charge in [-0.3, -0.25) is 4.79 Å². The summed E-state index contributed by atoms with van der Waals surface area (Å²) in [6.07, 6.45) is 5.92. The molecule has 1 aromatic heterocycles. The first kappa shape index (κ1) is 20.2. The van der Waals surface area contributed by atoms with E-state index in [1.165, 1.54) is 22.5 Å². The SMILES string of the molecule is C#CCn1c(=NC(=O)CCSc2ccc(OC)cc2)sc2c(C)cc(C)cc21. The maximum absolute atomic E-state index is 12.4. The number of thiazole rings is 1. The monoisotopic (exact) mass is 410 g/mol. The predicted molar refractivity (Wildman–Crippen MR) is 117 cm³/mol. The Bertz CT molecular complexity index is 1100. The number of hydrogen-bond donors (Lipinski definition) is 0. The number of aryl methyl sites for hydroxylation is 2. The molecule has 0 bridgehead atoms. The highest BCUT2D eigenvalue weighted by Gasteiger charge is 2.10. The van der Waals surface area contributed by atoms with Crippen LogP contribution < -0.4 is 9.54 Å². The molecule has 3 rings (SSSR count). The quantitative estimate of drug-likeness (QED) is 0.442. The number of rotatable bonds is 6. The zero-order valence-corrected chi connectivity index (χ0v) is 17.8. The average molecular weight is 411 g/mol. The van der Waals surface area contributed by atoms with Crippen LogP contribution >= 0.6 is 23.1 Å². The van der Waals surface area contributed by atoms with Crippen LogP contribution in [0.4, 0.5) is 0 Å². The zero-order chi connectivity index (χ0) is 20.1. The molecule has 0 unspecified atom stereocenters. The second kappa shape index (κ2) is 9.13. The zero-order valence-electron chi connectivity index (χ0n) is 16.2. The van der Waals surface area contributed by atoms with E-state index in [-0.39, 0.29) is 5.91 Å². The van der Waals surface area contributed by atoms with Crippen molar-refractivity contribution in [3.8, 4) is 18.1 Å². The summed E-state index contributed by atoms with van der Waals surface area (Å²) in [5.41, 5.74) is 3.39. The smallest absolute Gasteiger partial charge is 0.249 e. The summed E-state index contributed by atoms with van der Waals surface area (Å²) in [5, 5.41) is 0. The molecule has 2 aromatic carbocycles. The molecule has 6 heteroatoms. The first-order valence-electron chi connectivity index (χ1n) is 8.90. The Hall–Kier alpha value is -2.49. The van der Waals surface area contributed by atoms with E-state index in [0.717, 1.165) is 20.9 Å². The second-order valence-corrected chi connectivity index (χ2v) is 8.53. The molecule has 144 valence electrons. The molecule has 0 radical (unpaired) electrons. The van der Waals surface area contributed by atoms with Crippen LogP contribution in [-0.2, 0) is 11.3 Å². The molecule has 0 aliphatic heterocycles. The predicted octanol–water partition coefficient (Wildman–Crippen LogP) is 4.57. The highest BCUT2D eigenvalue weighted by atomic mass is 32.2. The van der Waals surface area contributed by atoms with E-state index in [0.29, 0.717) is 23.5 Å². The van der Waals surface area contributed by atoms with Crippen LogP contribution in [0.1, 0.15) is 17.5 Å². The first-order valence-corrected chi connectivity index (χ1v) is 10.7. The summed E-state index contributed by atoms with van der Waals surface area (Å²) in [7, 11) is 1.64. The molecule has 0 saturated carbocycles. The van der Waals surface area contributed by atoms with Gasteiger partial charge < -0.3 is 9.30 Å². The summed E-state index contributed by atoms with van der Waals surface area (Å²) < 4.78 is 8.23. The number of thioether (sulfide) groups is 1. The van der Waals surface area contributed by atoms with E-state index in [1.54, 1.807) is 18.9 Å². The minimum absolute atomic E-state index is 0.132. The van der Waals surface area contributed by atoms with Gasteiger partial charge in [0.05, 0.1) is 23.9 Å². The minimum atomic E-state index is -0.132. The Balaban J connectivity index is 1.77.